The van der Waals surface area contributed by atoms with Crippen LogP contribution < -0.4 is 5.32 Å². The van der Waals surface area contributed by atoms with E-state index < -0.39 is 0 Å². The lowest BCUT2D eigenvalue weighted by molar-refractivity contribution is 0.917. The minimum Gasteiger partial charge on any atom is -0.339 e. The van der Waals surface area contributed by atoms with Crippen LogP contribution in [-0.2, 0) is 0 Å². The zero-order chi connectivity index (χ0) is 14.3. The van der Waals surface area contributed by atoms with Crippen molar-refractivity contribution >= 4 is 28.9 Å². The SMILES string of the molecule is Cc1ccc(Nc2cc(C)nc3nc(C)nn23)c(Cl)c1. The third-order valence-corrected chi connectivity index (χ3v) is 3.25. The number of halogens is 1. The summed E-state index contributed by atoms with van der Waals surface area (Å²) in [4.78, 5) is 8.63. The maximum atomic E-state index is 6.25. The van der Waals surface area contributed by atoms with Gasteiger partial charge in [0, 0.05) is 11.8 Å². The zero-order valence-electron chi connectivity index (χ0n) is 11.5. The van der Waals surface area contributed by atoms with Crippen LogP contribution in [0.5, 0.6) is 0 Å². The third-order valence-electron chi connectivity index (χ3n) is 2.93. The molecule has 20 heavy (non-hydrogen) atoms. The van der Waals surface area contributed by atoms with E-state index in [2.05, 4.69) is 20.4 Å². The molecule has 0 aliphatic heterocycles. The molecule has 0 aliphatic rings. The standard InChI is InChI=1S/C14H14ClN5/c1-8-4-5-12(11(15)6-8)18-13-7-9(2)16-14-17-10(3)19-20(13)14/h4-7,18H,1-3H3. The second-order valence-electron chi connectivity index (χ2n) is 4.76. The molecule has 0 spiro atoms. The van der Waals surface area contributed by atoms with Gasteiger partial charge in [-0.25, -0.2) is 4.98 Å². The summed E-state index contributed by atoms with van der Waals surface area (Å²) in [6, 6.07) is 7.79. The van der Waals surface area contributed by atoms with Crippen molar-refractivity contribution in [3.63, 3.8) is 0 Å². The lowest BCUT2D eigenvalue weighted by Gasteiger charge is -2.10. The van der Waals surface area contributed by atoms with E-state index in [1.165, 1.54) is 0 Å². The Labute approximate surface area is 121 Å². The summed E-state index contributed by atoms with van der Waals surface area (Å²) in [6.07, 6.45) is 0. The predicted octanol–water partition coefficient (Wildman–Crippen LogP) is 3.45. The minimum absolute atomic E-state index is 0.577. The Kier molecular flexibility index (Phi) is 3.06. The fourth-order valence-corrected chi connectivity index (χ4v) is 2.32. The first-order chi connectivity index (χ1) is 9.52. The highest BCUT2D eigenvalue weighted by Crippen LogP contribution is 2.26. The molecule has 1 N–H and O–H groups in total. The van der Waals surface area contributed by atoms with E-state index in [1.807, 2.05) is 45.0 Å². The van der Waals surface area contributed by atoms with E-state index in [1.54, 1.807) is 4.52 Å². The van der Waals surface area contributed by atoms with Crippen LogP contribution in [0.4, 0.5) is 11.5 Å². The summed E-state index contributed by atoms with van der Waals surface area (Å²) >= 11 is 6.25. The van der Waals surface area contributed by atoms with Crippen molar-refractivity contribution in [1.82, 2.24) is 19.6 Å². The molecule has 0 saturated heterocycles. The molecule has 3 rings (SSSR count). The largest absolute Gasteiger partial charge is 0.339 e. The van der Waals surface area contributed by atoms with Crippen LogP contribution in [-0.4, -0.2) is 19.6 Å². The predicted molar refractivity (Wildman–Crippen MR) is 79.7 cm³/mol. The molecule has 0 saturated carbocycles. The molecular formula is C14H14ClN5. The molecule has 2 heterocycles. The number of fused-ring (bicyclic) bond motifs is 1. The molecular weight excluding hydrogens is 274 g/mol. The Hall–Kier alpha value is -2.14. The Morgan fingerprint density at radius 3 is 2.65 bits per heavy atom. The van der Waals surface area contributed by atoms with Crippen LogP contribution in [0, 0.1) is 20.8 Å². The quantitative estimate of drug-likeness (QED) is 0.784. The lowest BCUT2D eigenvalue weighted by Crippen LogP contribution is -2.03. The summed E-state index contributed by atoms with van der Waals surface area (Å²) < 4.78 is 1.68. The van der Waals surface area contributed by atoms with E-state index in [9.17, 15) is 0 Å². The van der Waals surface area contributed by atoms with Gasteiger partial charge in [-0.2, -0.15) is 9.50 Å². The first kappa shape index (κ1) is 12.9. The van der Waals surface area contributed by atoms with Crippen LogP contribution in [0.25, 0.3) is 5.78 Å². The normalized spacial score (nSPS) is 11.0. The fourth-order valence-electron chi connectivity index (χ4n) is 2.04. The number of hydrogen-bond acceptors (Lipinski definition) is 4. The summed E-state index contributed by atoms with van der Waals surface area (Å²) in [5.74, 6) is 2.05. The van der Waals surface area contributed by atoms with Gasteiger partial charge in [-0.3, -0.25) is 0 Å². The second-order valence-corrected chi connectivity index (χ2v) is 5.17. The molecule has 0 aliphatic carbocycles. The topological polar surface area (TPSA) is 55.1 Å². The molecule has 102 valence electrons. The molecule has 6 heteroatoms. The number of rotatable bonds is 2. The van der Waals surface area contributed by atoms with Crippen LogP contribution in [0.2, 0.25) is 5.02 Å². The highest BCUT2D eigenvalue weighted by atomic mass is 35.5. The molecule has 0 fully saturated rings. The van der Waals surface area contributed by atoms with Gasteiger partial charge in [0.15, 0.2) is 0 Å². The molecule has 0 unspecified atom stereocenters. The lowest BCUT2D eigenvalue weighted by atomic mass is 10.2. The van der Waals surface area contributed by atoms with Crippen molar-refractivity contribution in [2.24, 2.45) is 0 Å². The summed E-state index contributed by atoms with van der Waals surface area (Å²) in [5, 5.41) is 8.29. The number of nitrogens with one attached hydrogen (secondary N) is 1. The molecule has 2 aromatic heterocycles. The van der Waals surface area contributed by atoms with E-state index in [0.29, 0.717) is 16.6 Å². The molecule has 0 atom stereocenters. The van der Waals surface area contributed by atoms with Crippen molar-refractivity contribution in [3.05, 3.63) is 46.4 Å². The third kappa shape index (κ3) is 2.32. The average Bonchev–Trinajstić information content (AvgIpc) is 2.73. The highest BCUT2D eigenvalue weighted by molar-refractivity contribution is 6.33. The Balaban J connectivity index is 2.10. The molecule has 3 aromatic rings. The van der Waals surface area contributed by atoms with Gasteiger partial charge in [-0.05, 0) is 38.5 Å². The molecule has 1 aromatic carbocycles. The molecule has 0 amide bonds. The number of benzene rings is 1. The smallest absolute Gasteiger partial charge is 0.254 e. The minimum atomic E-state index is 0.577. The number of anilines is 2. The Morgan fingerprint density at radius 1 is 1.10 bits per heavy atom. The zero-order valence-corrected chi connectivity index (χ0v) is 12.2. The number of aromatic nitrogens is 4. The highest BCUT2D eigenvalue weighted by Gasteiger charge is 2.09. The molecule has 0 radical (unpaired) electrons. The van der Waals surface area contributed by atoms with Gasteiger partial charge in [-0.15, -0.1) is 5.10 Å². The number of nitrogens with zero attached hydrogens (tertiary/aromatic N) is 4. The van der Waals surface area contributed by atoms with Crippen molar-refractivity contribution in [2.45, 2.75) is 20.8 Å². The van der Waals surface area contributed by atoms with Gasteiger partial charge < -0.3 is 5.32 Å². The summed E-state index contributed by atoms with van der Waals surface area (Å²) in [5.41, 5.74) is 2.82. The van der Waals surface area contributed by atoms with Crippen molar-refractivity contribution < 1.29 is 0 Å². The maximum Gasteiger partial charge on any atom is 0.254 e. The van der Waals surface area contributed by atoms with Crippen LogP contribution >= 0.6 is 11.6 Å². The van der Waals surface area contributed by atoms with E-state index >= 15 is 0 Å². The van der Waals surface area contributed by atoms with Crippen LogP contribution in [0.15, 0.2) is 24.3 Å². The van der Waals surface area contributed by atoms with Gasteiger partial charge in [0.1, 0.15) is 11.6 Å². The van der Waals surface area contributed by atoms with Crippen molar-refractivity contribution in [3.8, 4) is 0 Å². The van der Waals surface area contributed by atoms with Crippen LogP contribution in [0.1, 0.15) is 17.1 Å². The average molecular weight is 288 g/mol. The summed E-state index contributed by atoms with van der Waals surface area (Å²) in [6.45, 7) is 5.77. The number of aryl methyl sites for hydroxylation is 3. The Bertz CT molecular complexity index is 794. The number of hydrogen-bond donors (Lipinski definition) is 1. The Morgan fingerprint density at radius 2 is 1.90 bits per heavy atom. The van der Waals surface area contributed by atoms with E-state index in [4.69, 9.17) is 11.6 Å². The fraction of sp³-hybridized carbons (Fsp3) is 0.214. The molecule has 0 bridgehead atoms. The van der Waals surface area contributed by atoms with Crippen molar-refractivity contribution in [2.75, 3.05) is 5.32 Å². The van der Waals surface area contributed by atoms with Gasteiger partial charge in [0.25, 0.3) is 5.78 Å². The van der Waals surface area contributed by atoms with Crippen molar-refractivity contribution in [1.29, 1.82) is 0 Å². The van der Waals surface area contributed by atoms with E-state index in [0.717, 1.165) is 22.8 Å². The van der Waals surface area contributed by atoms with Gasteiger partial charge in [-0.1, -0.05) is 17.7 Å². The van der Waals surface area contributed by atoms with Gasteiger partial charge in [0.2, 0.25) is 0 Å². The monoisotopic (exact) mass is 287 g/mol. The molecule has 5 nitrogen and oxygen atoms in total. The first-order valence-corrected chi connectivity index (χ1v) is 6.65. The first-order valence-electron chi connectivity index (χ1n) is 6.27. The van der Waals surface area contributed by atoms with E-state index in [-0.39, 0.29) is 0 Å². The van der Waals surface area contributed by atoms with Gasteiger partial charge in [0.05, 0.1) is 10.7 Å². The maximum absolute atomic E-state index is 6.25. The van der Waals surface area contributed by atoms with Crippen LogP contribution in [0.3, 0.4) is 0 Å². The second kappa shape index (κ2) is 4.76. The van der Waals surface area contributed by atoms with Gasteiger partial charge >= 0.3 is 0 Å². The summed E-state index contributed by atoms with van der Waals surface area (Å²) in [7, 11) is 0.